The Bertz CT molecular complexity index is 463. The SMILES string of the molecule is CCN(c1ccc(C(=O)OC)nn1)C1CCCCC1CN. The van der Waals surface area contributed by atoms with Crippen LogP contribution < -0.4 is 10.6 Å². The lowest BCUT2D eigenvalue weighted by atomic mass is 9.83. The number of ether oxygens (including phenoxy) is 1. The van der Waals surface area contributed by atoms with Crippen LogP contribution in [0.5, 0.6) is 0 Å². The Morgan fingerprint density at radius 1 is 1.38 bits per heavy atom. The summed E-state index contributed by atoms with van der Waals surface area (Å²) in [4.78, 5) is 13.7. The average Bonchev–Trinajstić information content (AvgIpc) is 2.56. The van der Waals surface area contributed by atoms with Crippen molar-refractivity contribution in [3.8, 4) is 0 Å². The molecule has 1 heterocycles. The van der Waals surface area contributed by atoms with Crippen molar-refractivity contribution in [1.82, 2.24) is 10.2 Å². The third-order valence-electron chi connectivity index (χ3n) is 4.25. The fourth-order valence-corrected chi connectivity index (χ4v) is 3.13. The van der Waals surface area contributed by atoms with Crippen LogP contribution in [0.15, 0.2) is 12.1 Å². The van der Waals surface area contributed by atoms with Crippen molar-refractivity contribution >= 4 is 11.8 Å². The van der Waals surface area contributed by atoms with E-state index in [1.807, 2.05) is 6.07 Å². The second-order valence-corrected chi connectivity index (χ2v) is 5.40. The van der Waals surface area contributed by atoms with Gasteiger partial charge in [-0.05, 0) is 44.4 Å². The molecule has 0 radical (unpaired) electrons. The summed E-state index contributed by atoms with van der Waals surface area (Å²) in [5.74, 6) is 0.839. The lowest BCUT2D eigenvalue weighted by molar-refractivity contribution is 0.0592. The van der Waals surface area contributed by atoms with Gasteiger partial charge in [0.25, 0.3) is 0 Å². The Labute approximate surface area is 125 Å². The van der Waals surface area contributed by atoms with Crippen LogP contribution >= 0.6 is 0 Å². The number of carbonyl (C=O) groups is 1. The topological polar surface area (TPSA) is 81.3 Å². The molecular formula is C15H24N4O2. The van der Waals surface area contributed by atoms with Gasteiger partial charge in [0.1, 0.15) is 0 Å². The highest BCUT2D eigenvalue weighted by atomic mass is 16.5. The molecule has 0 bridgehead atoms. The van der Waals surface area contributed by atoms with E-state index in [1.54, 1.807) is 6.07 Å². The molecule has 1 aliphatic rings. The predicted molar refractivity (Wildman–Crippen MR) is 81.2 cm³/mol. The quantitative estimate of drug-likeness (QED) is 0.830. The summed E-state index contributed by atoms with van der Waals surface area (Å²) >= 11 is 0. The minimum atomic E-state index is -0.463. The minimum absolute atomic E-state index is 0.233. The molecule has 2 unspecified atom stereocenters. The summed E-state index contributed by atoms with van der Waals surface area (Å²) in [7, 11) is 1.34. The van der Waals surface area contributed by atoms with E-state index in [4.69, 9.17) is 5.73 Å². The number of hydrogen-bond donors (Lipinski definition) is 1. The van der Waals surface area contributed by atoms with Crippen molar-refractivity contribution in [2.24, 2.45) is 11.7 Å². The molecule has 2 atom stereocenters. The first-order valence-electron chi connectivity index (χ1n) is 7.60. The van der Waals surface area contributed by atoms with E-state index in [1.165, 1.54) is 26.4 Å². The summed E-state index contributed by atoms with van der Waals surface area (Å²) in [6.07, 6.45) is 4.79. The second-order valence-electron chi connectivity index (χ2n) is 5.40. The van der Waals surface area contributed by atoms with Crippen LogP contribution in [0.1, 0.15) is 43.1 Å². The van der Waals surface area contributed by atoms with Gasteiger partial charge in [-0.1, -0.05) is 12.8 Å². The molecule has 6 heteroatoms. The van der Waals surface area contributed by atoms with Crippen molar-refractivity contribution in [1.29, 1.82) is 0 Å². The molecule has 0 amide bonds. The van der Waals surface area contributed by atoms with Gasteiger partial charge in [-0.3, -0.25) is 0 Å². The van der Waals surface area contributed by atoms with Gasteiger partial charge in [0, 0.05) is 12.6 Å². The Morgan fingerprint density at radius 2 is 2.14 bits per heavy atom. The molecule has 21 heavy (non-hydrogen) atoms. The number of methoxy groups -OCH3 is 1. The molecule has 0 aliphatic heterocycles. The molecule has 1 saturated carbocycles. The molecule has 2 N–H and O–H groups in total. The van der Waals surface area contributed by atoms with Crippen LogP contribution in [-0.4, -0.2) is 42.4 Å². The maximum Gasteiger partial charge on any atom is 0.358 e. The van der Waals surface area contributed by atoms with Crippen LogP contribution in [0, 0.1) is 5.92 Å². The first-order chi connectivity index (χ1) is 10.2. The fraction of sp³-hybridized carbons (Fsp3) is 0.667. The zero-order valence-corrected chi connectivity index (χ0v) is 12.8. The van der Waals surface area contributed by atoms with Crippen LogP contribution in [0.4, 0.5) is 5.82 Å². The normalized spacial score (nSPS) is 21.9. The Kier molecular flexibility index (Phi) is 5.50. The minimum Gasteiger partial charge on any atom is -0.464 e. The molecule has 1 fully saturated rings. The number of rotatable bonds is 5. The highest BCUT2D eigenvalue weighted by Gasteiger charge is 2.29. The molecule has 0 spiro atoms. The number of hydrogen-bond acceptors (Lipinski definition) is 6. The Balaban J connectivity index is 2.18. The van der Waals surface area contributed by atoms with E-state index in [0.717, 1.165) is 18.8 Å². The van der Waals surface area contributed by atoms with Crippen LogP contribution in [0.3, 0.4) is 0 Å². The van der Waals surface area contributed by atoms with Crippen molar-refractivity contribution in [3.05, 3.63) is 17.8 Å². The second kappa shape index (κ2) is 7.36. The zero-order chi connectivity index (χ0) is 15.2. The van der Waals surface area contributed by atoms with Gasteiger partial charge < -0.3 is 15.4 Å². The monoisotopic (exact) mass is 292 g/mol. The van der Waals surface area contributed by atoms with Gasteiger partial charge in [-0.2, -0.15) is 0 Å². The highest BCUT2D eigenvalue weighted by molar-refractivity contribution is 5.86. The number of esters is 1. The van der Waals surface area contributed by atoms with E-state index in [2.05, 4.69) is 26.8 Å². The van der Waals surface area contributed by atoms with Crippen LogP contribution in [0.2, 0.25) is 0 Å². The smallest absolute Gasteiger partial charge is 0.358 e. The molecule has 1 aromatic rings. The third kappa shape index (κ3) is 3.50. The standard InChI is InChI=1S/C15H24N4O2/c1-3-19(13-7-5-4-6-11(13)10-16)14-9-8-12(17-18-14)15(20)21-2/h8-9,11,13H,3-7,10,16H2,1-2H3. The molecule has 1 aliphatic carbocycles. The van der Waals surface area contributed by atoms with Crippen LogP contribution in [-0.2, 0) is 4.74 Å². The average molecular weight is 292 g/mol. The molecule has 116 valence electrons. The maximum absolute atomic E-state index is 11.4. The number of carbonyl (C=O) groups excluding carboxylic acids is 1. The highest BCUT2D eigenvalue weighted by Crippen LogP contribution is 2.30. The van der Waals surface area contributed by atoms with Gasteiger partial charge in [-0.25, -0.2) is 4.79 Å². The van der Waals surface area contributed by atoms with Crippen molar-refractivity contribution in [2.75, 3.05) is 25.1 Å². The van der Waals surface area contributed by atoms with Crippen molar-refractivity contribution < 1.29 is 9.53 Å². The van der Waals surface area contributed by atoms with Gasteiger partial charge in [-0.15, -0.1) is 10.2 Å². The summed E-state index contributed by atoms with van der Waals surface area (Å²) in [6, 6.07) is 3.91. The zero-order valence-electron chi connectivity index (χ0n) is 12.8. The van der Waals surface area contributed by atoms with Gasteiger partial charge in [0.15, 0.2) is 11.5 Å². The Morgan fingerprint density at radius 3 is 2.71 bits per heavy atom. The first kappa shape index (κ1) is 15.7. The number of aromatic nitrogens is 2. The van der Waals surface area contributed by atoms with E-state index in [-0.39, 0.29) is 5.69 Å². The number of nitrogens with zero attached hydrogens (tertiary/aromatic N) is 3. The van der Waals surface area contributed by atoms with Crippen molar-refractivity contribution in [2.45, 2.75) is 38.6 Å². The molecule has 6 nitrogen and oxygen atoms in total. The number of nitrogens with two attached hydrogens (primary N) is 1. The predicted octanol–water partition coefficient (Wildman–Crippen LogP) is 1.61. The molecular weight excluding hydrogens is 268 g/mol. The van der Waals surface area contributed by atoms with E-state index in [0.29, 0.717) is 18.5 Å². The molecule has 0 saturated heterocycles. The van der Waals surface area contributed by atoms with Crippen LogP contribution in [0.25, 0.3) is 0 Å². The fourth-order valence-electron chi connectivity index (χ4n) is 3.13. The largest absolute Gasteiger partial charge is 0.464 e. The summed E-state index contributed by atoms with van der Waals surface area (Å²) < 4.78 is 4.64. The van der Waals surface area contributed by atoms with Gasteiger partial charge in [0.05, 0.1) is 7.11 Å². The molecule has 2 rings (SSSR count). The lowest BCUT2D eigenvalue weighted by Gasteiger charge is -2.39. The Hall–Kier alpha value is -1.69. The van der Waals surface area contributed by atoms with Gasteiger partial charge >= 0.3 is 5.97 Å². The molecule has 1 aromatic heterocycles. The van der Waals surface area contributed by atoms with E-state index >= 15 is 0 Å². The summed E-state index contributed by atoms with van der Waals surface area (Å²) in [5.41, 5.74) is 6.15. The lowest BCUT2D eigenvalue weighted by Crippen LogP contribution is -2.45. The van der Waals surface area contributed by atoms with Gasteiger partial charge in [0.2, 0.25) is 0 Å². The summed E-state index contributed by atoms with van der Waals surface area (Å²) in [6.45, 7) is 3.67. The maximum atomic E-state index is 11.4. The van der Waals surface area contributed by atoms with E-state index in [9.17, 15) is 4.79 Å². The number of anilines is 1. The first-order valence-corrected chi connectivity index (χ1v) is 7.60. The van der Waals surface area contributed by atoms with Crippen molar-refractivity contribution in [3.63, 3.8) is 0 Å². The van der Waals surface area contributed by atoms with E-state index < -0.39 is 5.97 Å². The molecule has 0 aromatic carbocycles. The summed E-state index contributed by atoms with van der Waals surface area (Å²) in [5, 5.41) is 8.16. The third-order valence-corrected chi connectivity index (χ3v) is 4.25.